The average Bonchev–Trinajstić information content (AvgIpc) is 2.67. The number of benzene rings is 1. The summed E-state index contributed by atoms with van der Waals surface area (Å²) in [5.41, 5.74) is 0.790. The highest BCUT2D eigenvalue weighted by molar-refractivity contribution is 5.91. The molecule has 0 aliphatic carbocycles. The first-order valence-electron chi connectivity index (χ1n) is 9.64. The number of carbonyl (C=O) groups is 1. The van der Waals surface area contributed by atoms with E-state index in [1.54, 1.807) is 12.2 Å². The van der Waals surface area contributed by atoms with E-state index in [-0.39, 0.29) is 11.4 Å². The number of carbonyl (C=O) groups excluding carboxylic acids is 1. The standard InChI is InChI=1S/C21H32N2O4/c1-5-26-18-9-7-17(15-19(18)27-6-2)8-10-20(24)22-16-21(3,4)23-11-13-25-14-12-23/h7-10,15H,5-6,11-14,16H2,1-4H3,(H,22,24)/b10-8+. The first-order valence-corrected chi connectivity index (χ1v) is 9.64. The Kier molecular flexibility index (Phi) is 8.13. The van der Waals surface area contributed by atoms with Gasteiger partial charge in [0, 0.05) is 31.2 Å². The lowest BCUT2D eigenvalue weighted by molar-refractivity contribution is -0.117. The Balaban J connectivity index is 1.92. The van der Waals surface area contributed by atoms with Crippen molar-refractivity contribution in [1.29, 1.82) is 0 Å². The second-order valence-electron chi connectivity index (χ2n) is 7.04. The molecule has 2 rings (SSSR count). The Morgan fingerprint density at radius 2 is 1.85 bits per heavy atom. The van der Waals surface area contributed by atoms with Gasteiger partial charge in [0.05, 0.1) is 26.4 Å². The van der Waals surface area contributed by atoms with Crippen LogP contribution < -0.4 is 14.8 Å². The fraction of sp³-hybridized carbons (Fsp3) is 0.571. The van der Waals surface area contributed by atoms with E-state index in [1.165, 1.54) is 0 Å². The van der Waals surface area contributed by atoms with Crippen LogP contribution in [0.3, 0.4) is 0 Å². The first-order chi connectivity index (χ1) is 13.0. The molecule has 1 amide bonds. The van der Waals surface area contributed by atoms with E-state index >= 15 is 0 Å². The molecule has 1 aromatic rings. The predicted molar refractivity (Wildman–Crippen MR) is 107 cm³/mol. The van der Waals surface area contributed by atoms with Gasteiger partial charge in [-0.25, -0.2) is 0 Å². The second-order valence-corrected chi connectivity index (χ2v) is 7.04. The molecule has 6 nitrogen and oxygen atoms in total. The normalized spacial score (nSPS) is 15.7. The highest BCUT2D eigenvalue weighted by atomic mass is 16.5. The number of nitrogens with zero attached hydrogens (tertiary/aromatic N) is 1. The number of rotatable bonds is 9. The first kappa shape index (κ1) is 21.3. The lowest BCUT2D eigenvalue weighted by atomic mass is 10.0. The van der Waals surface area contributed by atoms with Crippen LogP contribution in [-0.2, 0) is 9.53 Å². The van der Waals surface area contributed by atoms with Crippen molar-refractivity contribution in [3.8, 4) is 11.5 Å². The van der Waals surface area contributed by atoms with Crippen molar-refractivity contribution in [2.75, 3.05) is 46.1 Å². The number of morpholine rings is 1. The summed E-state index contributed by atoms with van der Waals surface area (Å²) in [6.45, 7) is 13.2. The Bertz CT molecular complexity index is 637. The molecule has 0 spiro atoms. The highest BCUT2D eigenvalue weighted by Crippen LogP contribution is 2.29. The number of nitrogens with one attached hydrogen (secondary N) is 1. The van der Waals surface area contributed by atoms with Crippen molar-refractivity contribution in [3.63, 3.8) is 0 Å². The quantitative estimate of drug-likeness (QED) is 0.672. The molecule has 1 aliphatic rings. The van der Waals surface area contributed by atoms with Crippen LogP contribution in [0, 0.1) is 0 Å². The molecule has 0 radical (unpaired) electrons. The van der Waals surface area contributed by atoms with E-state index < -0.39 is 0 Å². The van der Waals surface area contributed by atoms with Crippen molar-refractivity contribution >= 4 is 12.0 Å². The van der Waals surface area contributed by atoms with E-state index in [4.69, 9.17) is 14.2 Å². The summed E-state index contributed by atoms with van der Waals surface area (Å²) in [6, 6.07) is 5.67. The molecule has 27 heavy (non-hydrogen) atoms. The third-order valence-electron chi connectivity index (χ3n) is 4.56. The van der Waals surface area contributed by atoms with Gasteiger partial charge in [-0.1, -0.05) is 6.07 Å². The summed E-state index contributed by atoms with van der Waals surface area (Å²) >= 11 is 0. The van der Waals surface area contributed by atoms with Crippen LogP contribution in [0.4, 0.5) is 0 Å². The summed E-state index contributed by atoms with van der Waals surface area (Å²) in [5, 5.41) is 3.00. The van der Waals surface area contributed by atoms with Gasteiger partial charge >= 0.3 is 0 Å². The summed E-state index contributed by atoms with van der Waals surface area (Å²) in [6.07, 6.45) is 3.34. The molecule has 1 N–H and O–H groups in total. The molecule has 0 saturated carbocycles. The monoisotopic (exact) mass is 376 g/mol. The van der Waals surface area contributed by atoms with Gasteiger partial charge in [-0.15, -0.1) is 0 Å². The zero-order valence-electron chi connectivity index (χ0n) is 16.9. The number of amides is 1. The molecular formula is C21H32N2O4. The van der Waals surface area contributed by atoms with Crippen molar-refractivity contribution < 1.29 is 19.0 Å². The van der Waals surface area contributed by atoms with E-state index in [0.29, 0.717) is 31.3 Å². The third-order valence-corrected chi connectivity index (χ3v) is 4.56. The number of ether oxygens (including phenoxy) is 3. The van der Waals surface area contributed by atoms with Gasteiger partial charge in [0.25, 0.3) is 0 Å². The molecule has 1 aliphatic heterocycles. The van der Waals surface area contributed by atoms with E-state index in [0.717, 1.165) is 31.9 Å². The van der Waals surface area contributed by atoms with Gasteiger partial charge in [0.2, 0.25) is 5.91 Å². The molecule has 0 bridgehead atoms. The summed E-state index contributed by atoms with van der Waals surface area (Å²) < 4.78 is 16.6. The van der Waals surface area contributed by atoms with Crippen LogP contribution in [0.1, 0.15) is 33.3 Å². The molecule has 0 atom stereocenters. The topological polar surface area (TPSA) is 60.0 Å². The minimum Gasteiger partial charge on any atom is -0.490 e. The Labute approximate surface area is 162 Å². The third kappa shape index (κ3) is 6.56. The Morgan fingerprint density at radius 1 is 1.19 bits per heavy atom. The smallest absolute Gasteiger partial charge is 0.244 e. The molecule has 1 saturated heterocycles. The number of hydrogen-bond acceptors (Lipinski definition) is 5. The molecular weight excluding hydrogens is 344 g/mol. The van der Waals surface area contributed by atoms with E-state index in [1.807, 2.05) is 32.0 Å². The fourth-order valence-corrected chi connectivity index (χ4v) is 2.99. The minimum absolute atomic E-state index is 0.103. The van der Waals surface area contributed by atoms with Crippen molar-refractivity contribution in [1.82, 2.24) is 10.2 Å². The van der Waals surface area contributed by atoms with Crippen LogP contribution in [0.2, 0.25) is 0 Å². The predicted octanol–water partition coefficient (Wildman–Crippen LogP) is 2.72. The zero-order valence-corrected chi connectivity index (χ0v) is 16.9. The van der Waals surface area contributed by atoms with Crippen molar-refractivity contribution in [2.45, 2.75) is 33.2 Å². The molecule has 6 heteroatoms. The maximum Gasteiger partial charge on any atom is 0.244 e. The van der Waals surface area contributed by atoms with Gasteiger partial charge in [-0.3, -0.25) is 9.69 Å². The van der Waals surface area contributed by atoms with Crippen LogP contribution in [0.5, 0.6) is 11.5 Å². The largest absolute Gasteiger partial charge is 0.490 e. The lowest BCUT2D eigenvalue weighted by Gasteiger charge is -2.40. The van der Waals surface area contributed by atoms with Gasteiger partial charge in [-0.05, 0) is 51.5 Å². The fourth-order valence-electron chi connectivity index (χ4n) is 2.99. The molecule has 1 fully saturated rings. The summed E-state index contributed by atoms with van der Waals surface area (Å²) in [4.78, 5) is 14.6. The van der Waals surface area contributed by atoms with Gasteiger partial charge in [0.1, 0.15) is 0 Å². The SMILES string of the molecule is CCOc1ccc(/C=C/C(=O)NCC(C)(C)N2CCOCC2)cc1OCC. The Morgan fingerprint density at radius 3 is 2.52 bits per heavy atom. The highest BCUT2D eigenvalue weighted by Gasteiger charge is 2.28. The van der Waals surface area contributed by atoms with Gasteiger partial charge in [-0.2, -0.15) is 0 Å². The number of hydrogen-bond donors (Lipinski definition) is 1. The maximum atomic E-state index is 12.2. The van der Waals surface area contributed by atoms with Crippen LogP contribution in [-0.4, -0.2) is 62.4 Å². The zero-order chi connectivity index (χ0) is 19.7. The lowest BCUT2D eigenvalue weighted by Crippen LogP contribution is -2.55. The van der Waals surface area contributed by atoms with Crippen molar-refractivity contribution in [2.24, 2.45) is 0 Å². The minimum atomic E-state index is -0.108. The molecule has 150 valence electrons. The summed E-state index contributed by atoms with van der Waals surface area (Å²) in [7, 11) is 0. The van der Waals surface area contributed by atoms with Crippen LogP contribution in [0.15, 0.2) is 24.3 Å². The van der Waals surface area contributed by atoms with Gasteiger partial charge in [0.15, 0.2) is 11.5 Å². The van der Waals surface area contributed by atoms with Crippen molar-refractivity contribution in [3.05, 3.63) is 29.8 Å². The molecule has 1 aromatic carbocycles. The molecule has 0 unspecified atom stereocenters. The summed E-state index contributed by atoms with van der Waals surface area (Å²) in [5.74, 6) is 1.30. The van der Waals surface area contributed by atoms with E-state index in [9.17, 15) is 4.79 Å². The average molecular weight is 376 g/mol. The van der Waals surface area contributed by atoms with E-state index in [2.05, 4.69) is 24.1 Å². The van der Waals surface area contributed by atoms with Crippen LogP contribution >= 0.6 is 0 Å². The second kappa shape index (κ2) is 10.3. The van der Waals surface area contributed by atoms with Crippen LogP contribution in [0.25, 0.3) is 6.08 Å². The molecule has 0 aromatic heterocycles. The molecule has 1 heterocycles. The van der Waals surface area contributed by atoms with Gasteiger partial charge < -0.3 is 19.5 Å². The Hall–Kier alpha value is -2.05. The maximum absolute atomic E-state index is 12.2.